The first-order chi connectivity index (χ1) is 12.8. The Morgan fingerprint density at radius 1 is 1.04 bits per heavy atom. The van der Waals surface area contributed by atoms with Crippen LogP contribution in [0.4, 0.5) is 0 Å². The first-order valence-corrected chi connectivity index (χ1v) is 7.96. The highest BCUT2D eigenvalue weighted by Gasteiger charge is 2.06. The van der Waals surface area contributed by atoms with Gasteiger partial charge in [0.2, 0.25) is 0 Å². The van der Waals surface area contributed by atoms with Crippen molar-refractivity contribution < 1.29 is 4.79 Å². The van der Waals surface area contributed by atoms with Gasteiger partial charge in [-0.05, 0) is 35.9 Å². The molecule has 1 N–H and O–H groups in total. The Hall–Kier alpha value is -3.81. The fourth-order valence-corrected chi connectivity index (χ4v) is 2.46. The number of aromatic nitrogens is 6. The summed E-state index contributed by atoms with van der Waals surface area (Å²) in [5.74, 6) is 0.634. The highest BCUT2D eigenvalue weighted by atomic mass is 16.1. The number of nitrogens with one attached hydrogen (secondary N) is 1. The van der Waals surface area contributed by atoms with Crippen LogP contribution >= 0.6 is 0 Å². The van der Waals surface area contributed by atoms with Crippen LogP contribution in [-0.4, -0.2) is 35.2 Å². The molecule has 4 rings (SSSR count). The van der Waals surface area contributed by atoms with E-state index in [4.69, 9.17) is 0 Å². The van der Waals surface area contributed by atoms with Gasteiger partial charge in [0.15, 0.2) is 0 Å². The Labute approximate surface area is 149 Å². The van der Waals surface area contributed by atoms with E-state index in [1.807, 2.05) is 35.0 Å². The van der Waals surface area contributed by atoms with E-state index in [0.29, 0.717) is 12.1 Å². The molecule has 0 radical (unpaired) electrons. The fourth-order valence-electron chi connectivity index (χ4n) is 2.46. The van der Waals surface area contributed by atoms with E-state index in [2.05, 4.69) is 25.4 Å². The molecule has 0 aliphatic rings. The summed E-state index contributed by atoms with van der Waals surface area (Å²) in [5.41, 5.74) is 2.34. The Morgan fingerprint density at radius 2 is 1.92 bits per heavy atom. The van der Waals surface area contributed by atoms with Crippen molar-refractivity contribution in [3.63, 3.8) is 0 Å². The molecule has 3 heterocycles. The second-order valence-corrected chi connectivity index (χ2v) is 5.56. The lowest BCUT2D eigenvalue weighted by atomic mass is 10.2. The number of hydrogen-bond acceptors (Lipinski definition) is 5. The van der Waals surface area contributed by atoms with Crippen LogP contribution in [0.1, 0.15) is 15.9 Å². The molecule has 128 valence electrons. The number of amides is 1. The van der Waals surface area contributed by atoms with Crippen LogP contribution in [0.25, 0.3) is 11.5 Å². The molecule has 0 unspecified atom stereocenters. The predicted octanol–water partition coefficient (Wildman–Crippen LogP) is 1.78. The van der Waals surface area contributed by atoms with Crippen LogP contribution in [0.15, 0.2) is 74.0 Å². The van der Waals surface area contributed by atoms with Crippen LogP contribution in [0, 0.1) is 0 Å². The summed E-state index contributed by atoms with van der Waals surface area (Å²) in [6, 6.07) is 11.0. The van der Waals surface area contributed by atoms with E-state index in [0.717, 1.165) is 17.1 Å². The minimum atomic E-state index is -0.145. The molecule has 4 aromatic rings. The van der Waals surface area contributed by atoms with Gasteiger partial charge in [-0.25, -0.2) is 19.6 Å². The molecule has 0 aliphatic heterocycles. The van der Waals surface area contributed by atoms with Crippen molar-refractivity contribution >= 4 is 5.91 Å². The maximum Gasteiger partial charge on any atom is 0.251 e. The largest absolute Gasteiger partial charge is 0.348 e. The van der Waals surface area contributed by atoms with E-state index in [1.165, 1.54) is 6.33 Å². The van der Waals surface area contributed by atoms with Gasteiger partial charge in [0.25, 0.3) is 5.91 Å². The number of rotatable bonds is 5. The highest BCUT2D eigenvalue weighted by molar-refractivity contribution is 5.94. The first-order valence-electron chi connectivity index (χ1n) is 7.96. The van der Waals surface area contributed by atoms with Gasteiger partial charge in [-0.3, -0.25) is 9.36 Å². The van der Waals surface area contributed by atoms with E-state index >= 15 is 0 Å². The Kier molecular flexibility index (Phi) is 4.21. The zero-order valence-electron chi connectivity index (χ0n) is 13.7. The molecule has 8 nitrogen and oxygen atoms in total. The fraction of sp³-hybridized carbons (Fsp3) is 0.0556. The molecular formula is C18H15N7O. The second-order valence-electron chi connectivity index (χ2n) is 5.56. The minimum Gasteiger partial charge on any atom is -0.348 e. The van der Waals surface area contributed by atoms with Gasteiger partial charge in [-0.15, -0.1) is 0 Å². The molecule has 0 saturated heterocycles. The summed E-state index contributed by atoms with van der Waals surface area (Å²) in [6.45, 7) is 0.404. The number of carbonyl (C=O) groups excluding carboxylic acids is 1. The van der Waals surface area contributed by atoms with E-state index in [9.17, 15) is 4.79 Å². The van der Waals surface area contributed by atoms with Crippen molar-refractivity contribution in [3.05, 3.63) is 85.1 Å². The maximum atomic E-state index is 12.3. The van der Waals surface area contributed by atoms with Crippen LogP contribution in [-0.2, 0) is 6.54 Å². The van der Waals surface area contributed by atoms with Gasteiger partial charge < -0.3 is 5.32 Å². The van der Waals surface area contributed by atoms with E-state index < -0.39 is 0 Å². The van der Waals surface area contributed by atoms with Crippen molar-refractivity contribution in [1.82, 2.24) is 34.6 Å². The van der Waals surface area contributed by atoms with Crippen molar-refractivity contribution in [2.24, 2.45) is 0 Å². The van der Waals surface area contributed by atoms with Gasteiger partial charge >= 0.3 is 0 Å². The lowest BCUT2D eigenvalue weighted by Gasteiger charge is -2.07. The third kappa shape index (κ3) is 3.34. The number of pyridine rings is 1. The molecule has 8 heteroatoms. The quantitative estimate of drug-likeness (QED) is 0.595. The maximum absolute atomic E-state index is 12.3. The van der Waals surface area contributed by atoms with Gasteiger partial charge in [0.05, 0.1) is 5.69 Å². The van der Waals surface area contributed by atoms with Crippen LogP contribution in [0.2, 0.25) is 0 Å². The average Bonchev–Trinajstić information content (AvgIpc) is 3.40. The molecule has 0 saturated carbocycles. The zero-order chi connectivity index (χ0) is 17.8. The average molecular weight is 345 g/mol. The molecule has 3 aromatic heterocycles. The third-order valence-electron chi connectivity index (χ3n) is 3.84. The number of imidazole rings is 1. The van der Waals surface area contributed by atoms with Crippen molar-refractivity contribution in [2.45, 2.75) is 6.54 Å². The van der Waals surface area contributed by atoms with Crippen LogP contribution < -0.4 is 5.32 Å². The van der Waals surface area contributed by atoms with Crippen LogP contribution in [0.3, 0.4) is 0 Å². The van der Waals surface area contributed by atoms with E-state index in [-0.39, 0.29) is 5.91 Å². The Balaban J connectivity index is 1.37. The van der Waals surface area contributed by atoms with Crippen molar-refractivity contribution in [2.75, 3.05) is 0 Å². The van der Waals surface area contributed by atoms with Gasteiger partial charge in [-0.2, -0.15) is 5.10 Å². The topological polar surface area (TPSA) is 90.5 Å². The predicted molar refractivity (Wildman–Crippen MR) is 93.9 cm³/mol. The molecule has 0 aliphatic carbocycles. The summed E-state index contributed by atoms with van der Waals surface area (Å²) in [5, 5.41) is 6.95. The number of carbonyl (C=O) groups is 1. The Bertz CT molecular complexity index is 975. The van der Waals surface area contributed by atoms with Crippen molar-refractivity contribution in [1.29, 1.82) is 0 Å². The lowest BCUT2D eigenvalue weighted by molar-refractivity contribution is 0.0951. The minimum absolute atomic E-state index is 0.145. The first kappa shape index (κ1) is 15.7. The summed E-state index contributed by atoms with van der Waals surface area (Å²) in [7, 11) is 0. The smallest absolute Gasteiger partial charge is 0.251 e. The lowest BCUT2D eigenvalue weighted by Crippen LogP contribution is -2.22. The number of nitrogens with zero attached hydrogens (tertiary/aromatic N) is 6. The molecule has 0 fully saturated rings. The summed E-state index contributed by atoms with van der Waals surface area (Å²) in [6.07, 6.45) is 10.0. The molecule has 1 amide bonds. The monoisotopic (exact) mass is 345 g/mol. The summed E-state index contributed by atoms with van der Waals surface area (Å²) in [4.78, 5) is 24.6. The highest BCUT2D eigenvalue weighted by Crippen LogP contribution is 2.09. The molecule has 0 spiro atoms. The SMILES string of the molecule is O=C(NCc1ccc(-n2ccnc2)nc1)c1ccc(-n2cncn2)cc1. The number of hydrogen-bond donors (Lipinski definition) is 1. The number of benzene rings is 1. The molecule has 1 aromatic carbocycles. The second kappa shape index (κ2) is 6.98. The molecule has 0 bridgehead atoms. The normalized spacial score (nSPS) is 10.6. The van der Waals surface area contributed by atoms with Gasteiger partial charge in [0.1, 0.15) is 24.8 Å². The molecular weight excluding hydrogens is 330 g/mol. The summed E-state index contributed by atoms with van der Waals surface area (Å²) < 4.78 is 3.45. The van der Waals surface area contributed by atoms with Gasteiger partial charge in [0, 0.05) is 30.7 Å². The third-order valence-corrected chi connectivity index (χ3v) is 3.84. The molecule has 26 heavy (non-hydrogen) atoms. The van der Waals surface area contributed by atoms with Gasteiger partial charge in [-0.1, -0.05) is 6.07 Å². The van der Waals surface area contributed by atoms with E-state index in [1.54, 1.807) is 41.9 Å². The van der Waals surface area contributed by atoms with Crippen LogP contribution in [0.5, 0.6) is 0 Å². The zero-order valence-corrected chi connectivity index (χ0v) is 13.7. The molecule has 0 atom stereocenters. The summed E-state index contributed by atoms with van der Waals surface area (Å²) >= 11 is 0. The van der Waals surface area contributed by atoms with Crippen molar-refractivity contribution in [3.8, 4) is 11.5 Å². The standard InChI is InChI=1S/C18H15N7O/c26-18(15-2-4-16(5-3-15)25-13-20-11-23-25)22-10-14-1-6-17(21-9-14)24-8-7-19-12-24/h1-9,11-13H,10H2,(H,22,26). The Morgan fingerprint density at radius 3 is 2.58 bits per heavy atom.